The zero-order valence-corrected chi connectivity index (χ0v) is 6.46. The summed E-state index contributed by atoms with van der Waals surface area (Å²) in [4.78, 5) is 0. The summed E-state index contributed by atoms with van der Waals surface area (Å²) in [6, 6.07) is 0.106. The van der Waals surface area contributed by atoms with Crippen LogP contribution < -0.4 is 5.73 Å². The van der Waals surface area contributed by atoms with E-state index in [2.05, 4.69) is 0 Å². The van der Waals surface area contributed by atoms with Gasteiger partial charge >= 0.3 is 0 Å². The standard InChI is InChI=1S/C7H17NO/c1-4-7(5(2)8)6(3)9/h5-7,9H,4,8H2,1-3H3. The topological polar surface area (TPSA) is 46.2 Å². The Balaban J connectivity index is 3.68. The second-order valence-corrected chi connectivity index (χ2v) is 2.67. The highest BCUT2D eigenvalue weighted by molar-refractivity contribution is 4.71. The number of aliphatic hydroxyl groups is 1. The van der Waals surface area contributed by atoms with E-state index in [1.165, 1.54) is 0 Å². The summed E-state index contributed by atoms with van der Waals surface area (Å²) >= 11 is 0. The van der Waals surface area contributed by atoms with Crippen molar-refractivity contribution in [2.75, 3.05) is 0 Å². The molecule has 2 nitrogen and oxygen atoms in total. The van der Waals surface area contributed by atoms with Crippen LogP contribution >= 0.6 is 0 Å². The third-order valence-corrected chi connectivity index (χ3v) is 1.77. The van der Waals surface area contributed by atoms with Gasteiger partial charge in [0.1, 0.15) is 0 Å². The lowest BCUT2D eigenvalue weighted by molar-refractivity contribution is 0.110. The van der Waals surface area contributed by atoms with Crippen molar-refractivity contribution in [2.24, 2.45) is 11.7 Å². The molecule has 0 saturated carbocycles. The fraction of sp³-hybridized carbons (Fsp3) is 1.00. The van der Waals surface area contributed by atoms with E-state index >= 15 is 0 Å². The van der Waals surface area contributed by atoms with Crippen molar-refractivity contribution in [3.8, 4) is 0 Å². The van der Waals surface area contributed by atoms with Crippen LogP contribution in [-0.2, 0) is 0 Å². The van der Waals surface area contributed by atoms with Crippen LogP contribution in [-0.4, -0.2) is 17.3 Å². The summed E-state index contributed by atoms with van der Waals surface area (Å²) in [6.07, 6.45) is 0.685. The molecule has 0 aromatic heterocycles. The Bertz CT molecular complexity index is 63.3. The Morgan fingerprint density at radius 3 is 1.89 bits per heavy atom. The van der Waals surface area contributed by atoms with Crippen molar-refractivity contribution < 1.29 is 5.11 Å². The predicted molar refractivity (Wildman–Crippen MR) is 39.1 cm³/mol. The lowest BCUT2D eigenvalue weighted by Crippen LogP contribution is -2.33. The van der Waals surface area contributed by atoms with Gasteiger partial charge < -0.3 is 10.8 Å². The van der Waals surface area contributed by atoms with Crippen molar-refractivity contribution in [1.82, 2.24) is 0 Å². The summed E-state index contributed by atoms with van der Waals surface area (Å²) in [7, 11) is 0. The maximum absolute atomic E-state index is 9.10. The van der Waals surface area contributed by atoms with Crippen molar-refractivity contribution in [3.63, 3.8) is 0 Å². The minimum absolute atomic E-state index is 0.106. The smallest absolute Gasteiger partial charge is 0.0554 e. The molecule has 3 atom stereocenters. The molecular weight excluding hydrogens is 114 g/mol. The summed E-state index contributed by atoms with van der Waals surface area (Å²) in [5.41, 5.74) is 5.59. The van der Waals surface area contributed by atoms with E-state index in [-0.39, 0.29) is 18.1 Å². The molecule has 0 aliphatic rings. The van der Waals surface area contributed by atoms with Crippen LogP contribution in [0.25, 0.3) is 0 Å². The van der Waals surface area contributed by atoms with Crippen molar-refractivity contribution in [1.29, 1.82) is 0 Å². The fourth-order valence-corrected chi connectivity index (χ4v) is 1.15. The molecule has 0 radical (unpaired) electrons. The normalized spacial score (nSPS) is 21.0. The van der Waals surface area contributed by atoms with Gasteiger partial charge in [0, 0.05) is 6.04 Å². The first-order valence-electron chi connectivity index (χ1n) is 3.53. The molecule has 0 aromatic rings. The molecule has 3 N–H and O–H groups in total. The van der Waals surface area contributed by atoms with Gasteiger partial charge in [-0.2, -0.15) is 0 Å². The van der Waals surface area contributed by atoms with Gasteiger partial charge in [-0.15, -0.1) is 0 Å². The van der Waals surface area contributed by atoms with Gasteiger partial charge in [0.2, 0.25) is 0 Å². The fourth-order valence-electron chi connectivity index (χ4n) is 1.15. The quantitative estimate of drug-likeness (QED) is 0.593. The third kappa shape index (κ3) is 2.82. The largest absolute Gasteiger partial charge is 0.393 e. The lowest BCUT2D eigenvalue weighted by Gasteiger charge is -2.21. The molecule has 9 heavy (non-hydrogen) atoms. The first-order chi connectivity index (χ1) is 4.09. The van der Waals surface area contributed by atoms with E-state index in [0.29, 0.717) is 0 Å². The Kier molecular flexibility index (Phi) is 3.82. The molecule has 0 bridgehead atoms. The van der Waals surface area contributed by atoms with Gasteiger partial charge in [0.15, 0.2) is 0 Å². The maximum atomic E-state index is 9.10. The van der Waals surface area contributed by atoms with Gasteiger partial charge in [-0.05, 0) is 26.2 Å². The molecular formula is C7H17NO. The number of hydrogen-bond donors (Lipinski definition) is 2. The average molecular weight is 131 g/mol. The van der Waals surface area contributed by atoms with Crippen LogP contribution in [0.3, 0.4) is 0 Å². The van der Waals surface area contributed by atoms with Gasteiger partial charge in [0.05, 0.1) is 6.10 Å². The first-order valence-corrected chi connectivity index (χ1v) is 3.53. The number of rotatable bonds is 3. The zero-order chi connectivity index (χ0) is 7.44. The second-order valence-electron chi connectivity index (χ2n) is 2.67. The predicted octanol–water partition coefficient (Wildman–Crippen LogP) is 0.741. The van der Waals surface area contributed by atoms with Crippen LogP contribution in [0.15, 0.2) is 0 Å². The molecule has 0 saturated heterocycles. The number of hydrogen-bond acceptors (Lipinski definition) is 2. The highest BCUT2D eigenvalue weighted by Gasteiger charge is 2.16. The molecule has 2 heteroatoms. The highest BCUT2D eigenvalue weighted by atomic mass is 16.3. The lowest BCUT2D eigenvalue weighted by atomic mass is 9.94. The Hall–Kier alpha value is -0.0800. The van der Waals surface area contributed by atoms with E-state index in [0.717, 1.165) is 6.42 Å². The maximum Gasteiger partial charge on any atom is 0.0554 e. The van der Waals surface area contributed by atoms with Crippen molar-refractivity contribution in [3.05, 3.63) is 0 Å². The summed E-state index contributed by atoms with van der Waals surface area (Å²) in [5, 5.41) is 9.10. The molecule has 0 amide bonds. The highest BCUT2D eigenvalue weighted by Crippen LogP contribution is 2.10. The molecule has 0 fully saturated rings. The van der Waals surface area contributed by atoms with Gasteiger partial charge in [-0.25, -0.2) is 0 Å². The van der Waals surface area contributed by atoms with Crippen molar-refractivity contribution in [2.45, 2.75) is 39.3 Å². The molecule has 0 aromatic carbocycles. The molecule has 0 aliphatic heterocycles. The average Bonchev–Trinajstić information content (AvgIpc) is 1.64. The second kappa shape index (κ2) is 3.85. The summed E-state index contributed by atoms with van der Waals surface area (Å²) in [5.74, 6) is 0.255. The minimum Gasteiger partial charge on any atom is -0.393 e. The van der Waals surface area contributed by atoms with Crippen LogP contribution in [0.1, 0.15) is 27.2 Å². The van der Waals surface area contributed by atoms with E-state index in [9.17, 15) is 0 Å². The van der Waals surface area contributed by atoms with Gasteiger partial charge in [-0.3, -0.25) is 0 Å². The molecule has 0 spiro atoms. The molecule has 0 aliphatic carbocycles. The van der Waals surface area contributed by atoms with E-state index in [1.54, 1.807) is 6.92 Å². The molecule has 56 valence electrons. The monoisotopic (exact) mass is 131 g/mol. The molecule has 0 rings (SSSR count). The van der Waals surface area contributed by atoms with Crippen LogP contribution in [0.5, 0.6) is 0 Å². The minimum atomic E-state index is -0.269. The molecule has 3 unspecified atom stereocenters. The Labute approximate surface area is 57.1 Å². The summed E-state index contributed by atoms with van der Waals surface area (Å²) in [6.45, 7) is 5.76. The van der Waals surface area contributed by atoms with Crippen LogP contribution in [0.4, 0.5) is 0 Å². The van der Waals surface area contributed by atoms with E-state index in [1.807, 2.05) is 13.8 Å². The van der Waals surface area contributed by atoms with Gasteiger partial charge in [-0.1, -0.05) is 6.92 Å². The Morgan fingerprint density at radius 2 is 1.89 bits per heavy atom. The SMILES string of the molecule is CCC(C(C)N)C(C)O. The first kappa shape index (κ1) is 8.92. The van der Waals surface area contributed by atoms with Crippen LogP contribution in [0.2, 0.25) is 0 Å². The molecule has 0 heterocycles. The zero-order valence-electron chi connectivity index (χ0n) is 6.46. The number of aliphatic hydroxyl groups excluding tert-OH is 1. The van der Waals surface area contributed by atoms with Gasteiger partial charge in [0.25, 0.3) is 0 Å². The summed E-state index contributed by atoms with van der Waals surface area (Å²) < 4.78 is 0. The van der Waals surface area contributed by atoms with E-state index in [4.69, 9.17) is 10.8 Å². The van der Waals surface area contributed by atoms with Crippen molar-refractivity contribution >= 4 is 0 Å². The van der Waals surface area contributed by atoms with E-state index < -0.39 is 0 Å². The third-order valence-electron chi connectivity index (χ3n) is 1.77. The van der Waals surface area contributed by atoms with Crippen LogP contribution in [0, 0.1) is 5.92 Å². The number of nitrogens with two attached hydrogens (primary N) is 1. The Morgan fingerprint density at radius 1 is 1.44 bits per heavy atom.